The van der Waals surface area contributed by atoms with Crippen molar-refractivity contribution >= 4 is 37.7 Å². The normalized spacial score (nSPS) is 16.3. The summed E-state index contributed by atoms with van der Waals surface area (Å²) in [6.45, 7) is 2.88. The molecule has 26 heavy (non-hydrogen) atoms. The van der Waals surface area contributed by atoms with Crippen LogP contribution in [0.2, 0.25) is 0 Å². The quantitative estimate of drug-likeness (QED) is 0.653. The number of carbonyl (C=O) groups excluding carboxylic acids is 2. The molecule has 0 spiro atoms. The van der Waals surface area contributed by atoms with Crippen molar-refractivity contribution in [2.45, 2.75) is 24.9 Å². The summed E-state index contributed by atoms with van der Waals surface area (Å²) in [5.74, 6) is -0.624. The van der Waals surface area contributed by atoms with Gasteiger partial charge in [-0.15, -0.1) is 11.3 Å². The summed E-state index contributed by atoms with van der Waals surface area (Å²) < 4.78 is 20.5. The number of rotatable bonds is 2. The van der Waals surface area contributed by atoms with E-state index >= 15 is 0 Å². The van der Waals surface area contributed by atoms with Gasteiger partial charge in [0, 0.05) is 25.1 Å². The van der Waals surface area contributed by atoms with Crippen molar-refractivity contribution in [3.05, 3.63) is 35.5 Å². The molecule has 1 aliphatic rings. The van der Waals surface area contributed by atoms with E-state index in [1.54, 1.807) is 25.6 Å². The highest BCUT2D eigenvalue weighted by molar-refractivity contribution is 7.93. The van der Waals surface area contributed by atoms with Gasteiger partial charge in [-0.3, -0.25) is 18.7 Å². The molecule has 4 heterocycles. The lowest BCUT2D eigenvalue weighted by atomic mass is 10.3. The van der Waals surface area contributed by atoms with Gasteiger partial charge < -0.3 is 4.90 Å². The average molecular weight is 392 g/mol. The highest BCUT2D eigenvalue weighted by Gasteiger charge is 2.26. The van der Waals surface area contributed by atoms with E-state index in [9.17, 15) is 13.8 Å². The maximum absolute atomic E-state index is 13.2. The van der Waals surface area contributed by atoms with Gasteiger partial charge in [-0.25, -0.2) is 9.19 Å². The van der Waals surface area contributed by atoms with Crippen molar-refractivity contribution in [3.8, 4) is 0 Å². The Morgan fingerprint density at radius 1 is 1.31 bits per heavy atom. The molecule has 4 rings (SSSR count). The lowest BCUT2D eigenvalue weighted by Gasteiger charge is -2.27. The minimum atomic E-state index is -3.01. The lowest BCUT2D eigenvalue weighted by Crippen LogP contribution is -2.37. The van der Waals surface area contributed by atoms with Crippen LogP contribution < -0.4 is 0 Å². The average Bonchev–Trinajstić information content (AvgIpc) is 3.28. The second-order valence-electron chi connectivity index (χ2n) is 6.04. The molecular formula is C15H16N6O3S2. The Bertz CT molecular complexity index is 1150. The molecular weight excluding hydrogens is 376 g/mol. The zero-order valence-corrected chi connectivity index (χ0v) is 15.8. The molecule has 3 aromatic rings. The van der Waals surface area contributed by atoms with Crippen molar-refractivity contribution < 1.29 is 13.8 Å². The van der Waals surface area contributed by atoms with Gasteiger partial charge in [-0.1, -0.05) is 0 Å². The molecule has 0 saturated carbocycles. The third kappa shape index (κ3) is 2.72. The fraction of sp³-hybridized carbons (Fsp3) is 0.333. The summed E-state index contributed by atoms with van der Waals surface area (Å²) in [5, 5.41) is 5.91. The smallest absolute Gasteiger partial charge is 0.303 e. The monoisotopic (exact) mass is 392 g/mol. The molecule has 0 aromatic carbocycles. The van der Waals surface area contributed by atoms with E-state index in [-0.39, 0.29) is 5.91 Å². The minimum Gasteiger partial charge on any atom is -0.335 e. The highest BCUT2D eigenvalue weighted by Crippen LogP contribution is 2.24. The number of nitrogens with zero attached hydrogens (tertiary/aromatic N) is 6. The molecule has 0 aliphatic carbocycles. The standard InChI is InChI=1S/C15H16N6O3S2/c1-10(22)19-3-4-21-11(7-19)13(5-17-21)26(2,24)18-15(23)12-8-25-14-6-16-9-20(12)14/h5-6,8-9H,3-4,7H2,1-2H3. The second kappa shape index (κ2) is 6.02. The van der Waals surface area contributed by atoms with Crippen LogP contribution in [0.3, 0.4) is 0 Å². The summed E-state index contributed by atoms with van der Waals surface area (Å²) in [7, 11) is -3.01. The molecule has 3 aromatic heterocycles. The Kier molecular flexibility index (Phi) is 3.92. The van der Waals surface area contributed by atoms with E-state index in [0.29, 0.717) is 35.9 Å². The molecule has 0 fully saturated rings. The number of aromatic nitrogens is 4. The minimum absolute atomic E-state index is 0.0557. The van der Waals surface area contributed by atoms with E-state index in [0.717, 1.165) is 4.83 Å². The van der Waals surface area contributed by atoms with Crippen LogP contribution >= 0.6 is 11.3 Å². The maximum atomic E-state index is 13.2. The second-order valence-corrected chi connectivity index (χ2v) is 9.16. The van der Waals surface area contributed by atoms with Crippen LogP contribution in [0.5, 0.6) is 0 Å². The van der Waals surface area contributed by atoms with E-state index < -0.39 is 15.6 Å². The third-order valence-corrected chi connectivity index (χ3v) is 6.87. The van der Waals surface area contributed by atoms with Gasteiger partial charge in [0.1, 0.15) is 16.9 Å². The van der Waals surface area contributed by atoms with Crippen molar-refractivity contribution in [1.29, 1.82) is 0 Å². The van der Waals surface area contributed by atoms with Crippen LogP contribution in [0.25, 0.3) is 4.83 Å². The lowest BCUT2D eigenvalue weighted by molar-refractivity contribution is -0.130. The first-order chi connectivity index (χ1) is 12.4. The molecule has 1 atom stereocenters. The SMILES string of the molecule is CC(=O)N1CCn2ncc(S(C)(=O)=NC(=O)c3csc4cncn34)c2C1. The number of hydrogen-bond donors (Lipinski definition) is 0. The summed E-state index contributed by atoms with van der Waals surface area (Å²) >= 11 is 1.37. The maximum Gasteiger partial charge on any atom is 0.303 e. The molecule has 1 aliphatic heterocycles. The summed E-state index contributed by atoms with van der Waals surface area (Å²) in [4.78, 5) is 31.1. The first-order valence-corrected chi connectivity index (χ1v) is 10.6. The predicted octanol–water partition coefficient (Wildman–Crippen LogP) is 1.25. The Morgan fingerprint density at radius 2 is 2.12 bits per heavy atom. The van der Waals surface area contributed by atoms with Gasteiger partial charge in [0.2, 0.25) is 5.91 Å². The Labute approximate surface area is 153 Å². The number of carbonyl (C=O) groups is 2. The van der Waals surface area contributed by atoms with Gasteiger partial charge in [-0.2, -0.15) is 9.46 Å². The van der Waals surface area contributed by atoms with Gasteiger partial charge in [0.15, 0.2) is 0 Å². The molecule has 0 N–H and O–H groups in total. The summed E-state index contributed by atoms with van der Waals surface area (Å²) in [5.41, 5.74) is 0.983. The van der Waals surface area contributed by atoms with Crippen molar-refractivity contribution in [2.75, 3.05) is 12.8 Å². The van der Waals surface area contributed by atoms with Crippen LogP contribution in [0.4, 0.5) is 0 Å². The van der Waals surface area contributed by atoms with E-state index in [4.69, 9.17) is 0 Å². The van der Waals surface area contributed by atoms with Crippen molar-refractivity contribution in [1.82, 2.24) is 24.1 Å². The van der Waals surface area contributed by atoms with Crippen molar-refractivity contribution in [2.24, 2.45) is 4.36 Å². The number of imidazole rings is 1. The van der Waals surface area contributed by atoms with Crippen LogP contribution in [-0.2, 0) is 27.6 Å². The molecule has 0 bridgehead atoms. The van der Waals surface area contributed by atoms with Crippen molar-refractivity contribution in [3.63, 3.8) is 0 Å². The number of amides is 2. The largest absolute Gasteiger partial charge is 0.335 e. The van der Waals surface area contributed by atoms with Crippen LogP contribution in [-0.4, -0.2) is 52.9 Å². The number of thiazole rings is 1. The highest BCUT2D eigenvalue weighted by atomic mass is 32.2. The number of hydrogen-bond acceptors (Lipinski definition) is 6. The molecule has 2 amide bonds. The Hall–Kier alpha value is -2.53. The zero-order chi connectivity index (χ0) is 18.5. The molecule has 0 radical (unpaired) electrons. The van der Waals surface area contributed by atoms with Crippen LogP contribution in [0.15, 0.2) is 33.4 Å². The third-order valence-electron chi connectivity index (χ3n) is 4.32. The van der Waals surface area contributed by atoms with Gasteiger partial charge >= 0.3 is 5.91 Å². The van der Waals surface area contributed by atoms with Crippen LogP contribution in [0, 0.1) is 0 Å². The fourth-order valence-electron chi connectivity index (χ4n) is 2.94. The molecule has 1 unspecified atom stereocenters. The van der Waals surface area contributed by atoms with E-state index in [1.165, 1.54) is 37.0 Å². The fourth-order valence-corrected chi connectivity index (χ4v) is 5.12. The van der Waals surface area contributed by atoms with E-state index in [2.05, 4.69) is 14.4 Å². The molecule has 136 valence electrons. The zero-order valence-electron chi connectivity index (χ0n) is 14.2. The van der Waals surface area contributed by atoms with Gasteiger partial charge in [-0.05, 0) is 0 Å². The summed E-state index contributed by atoms with van der Waals surface area (Å²) in [6, 6.07) is 0. The predicted molar refractivity (Wildman–Crippen MR) is 95.5 cm³/mol. The molecule has 9 nitrogen and oxygen atoms in total. The first-order valence-electron chi connectivity index (χ1n) is 7.83. The Balaban J connectivity index is 1.73. The van der Waals surface area contributed by atoms with E-state index in [1.807, 2.05) is 0 Å². The van der Waals surface area contributed by atoms with Gasteiger partial charge in [0.05, 0.1) is 45.8 Å². The first kappa shape index (κ1) is 16.9. The van der Waals surface area contributed by atoms with Crippen LogP contribution in [0.1, 0.15) is 23.1 Å². The Morgan fingerprint density at radius 3 is 2.88 bits per heavy atom. The molecule has 0 saturated heterocycles. The number of fused-ring (bicyclic) bond motifs is 2. The molecule has 11 heteroatoms. The topological polar surface area (TPSA) is 102 Å². The van der Waals surface area contributed by atoms with Gasteiger partial charge in [0.25, 0.3) is 0 Å². The summed E-state index contributed by atoms with van der Waals surface area (Å²) in [6.07, 6.45) is 6.08.